The fraction of sp³-hybridized carbons (Fsp3) is 0.864. The van der Waals surface area contributed by atoms with Gasteiger partial charge in [-0.25, -0.2) is 0 Å². The van der Waals surface area contributed by atoms with E-state index in [1.54, 1.807) is 5.57 Å². The standard InChI is InChI=1S/C22H34O4S/c1-20(2)10-6-11-21(3)15-9-12-22(4)16(14(15)7-8-18(20)21)13-17(23)19(22)26-27(5,24)25/h8,14-16,19H,6-7,9-13H2,1-5H3/t14-,15+,16+,19+,21-,22+/m1/s1. The van der Waals surface area contributed by atoms with Crippen molar-refractivity contribution in [3.63, 3.8) is 0 Å². The number of carbonyl (C=O) groups is 1. The molecule has 4 aliphatic carbocycles. The van der Waals surface area contributed by atoms with Crippen molar-refractivity contribution in [3.8, 4) is 0 Å². The van der Waals surface area contributed by atoms with Crippen LogP contribution in [-0.4, -0.2) is 26.6 Å². The molecule has 4 nitrogen and oxygen atoms in total. The van der Waals surface area contributed by atoms with Gasteiger partial charge in [0.05, 0.1) is 6.26 Å². The first-order chi connectivity index (χ1) is 12.4. The SMILES string of the molecule is CC1(C)CCC[C@@]2(C)C1=CC[C@H]1[C@@H]3CC(=O)[C@H](OS(C)(=O)=O)[C@@]3(C)CC[C@@H]12. The van der Waals surface area contributed by atoms with Crippen LogP contribution in [0.3, 0.4) is 0 Å². The fourth-order valence-corrected chi connectivity index (χ4v) is 8.26. The minimum Gasteiger partial charge on any atom is -0.297 e. The van der Waals surface area contributed by atoms with Crippen LogP contribution in [-0.2, 0) is 19.1 Å². The number of ketones is 1. The van der Waals surface area contributed by atoms with Gasteiger partial charge in [-0.1, -0.05) is 45.8 Å². The Bertz CT molecular complexity index is 795. The summed E-state index contributed by atoms with van der Waals surface area (Å²) in [6, 6.07) is 0. The summed E-state index contributed by atoms with van der Waals surface area (Å²) in [5.41, 5.74) is 1.78. The molecule has 0 saturated heterocycles. The van der Waals surface area contributed by atoms with Gasteiger partial charge in [0.2, 0.25) is 0 Å². The minimum atomic E-state index is -3.64. The lowest BCUT2D eigenvalue weighted by atomic mass is 9.45. The lowest BCUT2D eigenvalue weighted by Gasteiger charge is -2.59. The highest BCUT2D eigenvalue weighted by Crippen LogP contribution is 2.66. The van der Waals surface area contributed by atoms with Gasteiger partial charge in [-0.2, -0.15) is 8.42 Å². The zero-order chi connectivity index (χ0) is 19.8. The Hall–Kier alpha value is -0.680. The van der Waals surface area contributed by atoms with Crippen molar-refractivity contribution in [2.24, 2.45) is 34.0 Å². The molecule has 4 aliphatic rings. The molecule has 27 heavy (non-hydrogen) atoms. The van der Waals surface area contributed by atoms with Crippen molar-refractivity contribution in [1.29, 1.82) is 0 Å². The monoisotopic (exact) mass is 394 g/mol. The Morgan fingerprint density at radius 1 is 1.07 bits per heavy atom. The van der Waals surface area contributed by atoms with Gasteiger partial charge in [0.1, 0.15) is 6.10 Å². The van der Waals surface area contributed by atoms with Gasteiger partial charge in [-0.05, 0) is 60.7 Å². The molecule has 0 aromatic rings. The van der Waals surface area contributed by atoms with Crippen LogP contribution in [0.1, 0.15) is 72.6 Å². The summed E-state index contributed by atoms with van der Waals surface area (Å²) >= 11 is 0. The normalized spacial score (nSPS) is 46.3. The fourth-order valence-electron chi connectivity index (χ4n) is 7.58. The smallest absolute Gasteiger partial charge is 0.265 e. The molecule has 0 aromatic heterocycles. The maximum Gasteiger partial charge on any atom is 0.265 e. The first kappa shape index (κ1) is 19.6. The molecule has 0 unspecified atom stereocenters. The molecule has 0 N–H and O–H groups in total. The predicted molar refractivity (Wildman–Crippen MR) is 106 cm³/mol. The number of fused-ring (bicyclic) bond motifs is 5. The average molecular weight is 395 g/mol. The Balaban J connectivity index is 1.70. The zero-order valence-corrected chi connectivity index (χ0v) is 18.2. The lowest BCUT2D eigenvalue weighted by molar-refractivity contribution is -0.126. The molecule has 0 heterocycles. The van der Waals surface area contributed by atoms with E-state index < -0.39 is 16.2 Å². The van der Waals surface area contributed by atoms with E-state index in [0.717, 1.165) is 25.5 Å². The van der Waals surface area contributed by atoms with E-state index in [2.05, 4.69) is 33.8 Å². The third-order valence-corrected chi connectivity index (χ3v) is 9.26. The quantitative estimate of drug-likeness (QED) is 0.511. The molecule has 0 bridgehead atoms. The van der Waals surface area contributed by atoms with Crippen molar-refractivity contribution in [2.45, 2.75) is 78.7 Å². The van der Waals surface area contributed by atoms with Crippen molar-refractivity contribution >= 4 is 15.9 Å². The molecule has 0 aromatic carbocycles. The number of carbonyl (C=O) groups excluding carboxylic acids is 1. The first-order valence-electron chi connectivity index (χ1n) is 10.5. The van der Waals surface area contributed by atoms with Gasteiger partial charge in [0, 0.05) is 11.8 Å². The van der Waals surface area contributed by atoms with Crippen molar-refractivity contribution in [1.82, 2.24) is 0 Å². The van der Waals surface area contributed by atoms with E-state index in [4.69, 9.17) is 4.18 Å². The van der Waals surface area contributed by atoms with E-state index >= 15 is 0 Å². The maximum absolute atomic E-state index is 12.8. The number of hydrogen-bond acceptors (Lipinski definition) is 4. The van der Waals surface area contributed by atoms with E-state index in [1.807, 2.05) is 0 Å². The number of Topliss-reactive ketones (excluding diaryl/α,β-unsaturated/α-hetero) is 1. The van der Waals surface area contributed by atoms with Crippen LogP contribution in [0.2, 0.25) is 0 Å². The molecule has 3 fully saturated rings. The van der Waals surface area contributed by atoms with Crippen molar-refractivity contribution < 1.29 is 17.4 Å². The molecule has 4 rings (SSSR count). The second-order valence-corrected chi connectivity index (χ2v) is 12.4. The van der Waals surface area contributed by atoms with Gasteiger partial charge in [0.25, 0.3) is 10.1 Å². The molecular weight excluding hydrogens is 360 g/mol. The molecule has 6 atom stereocenters. The summed E-state index contributed by atoms with van der Waals surface area (Å²) in [4.78, 5) is 12.8. The summed E-state index contributed by atoms with van der Waals surface area (Å²) in [6.07, 6.45) is 9.97. The van der Waals surface area contributed by atoms with E-state index in [1.165, 1.54) is 19.3 Å². The molecule has 0 radical (unpaired) electrons. The van der Waals surface area contributed by atoms with Crippen LogP contribution in [0.5, 0.6) is 0 Å². The molecule has 0 aliphatic heterocycles. The molecule has 0 spiro atoms. The number of rotatable bonds is 2. The van der Waals surface area contributed by atoms with Crippen LogP contribution in [0, 0.1) is 34.0 Å². The van der Waals surface area contributed by atoms with Gasteiger partial charge < -0.3 is 0 Å². The van der Waals surface area contributed by atoms with E-state index in [-0.39, 0.29) is 27.9 Å². The summed E-state index contributed by atoms with van der Waals surface area (Å²) in [5.74, 6) is 1.27. The third kappa shape index (κ3) is 2.87. The summed E-state index contributed by atoms with van der Waals surface area (Å²) in [6.45, 7) is 9.33. The molecule has 3 saturated carbocycles. The lowest BCUT2D eigenvalue weighted by Crippen LogP contribution is -2.52. The van der Waals surface area contributed by atoms with E-state index in [9.17, 15) is 13.2 Å². The molecule has 5 heteroatoms. The highest BCUT2D eigenvalue weighted by molar-refractivity contribution is 7.86. The van der Waals surface area contributed by atoms with Gasteiger partial charge in [-0.15, -0.1) is 0 Å². The number of allylic oxidation sites excluding steroid dienone is 2. The average Bonchev–Trinajstić information content (AvgIpc) is 2.77. The van der Waals surface area contributed by atoms with Crippen LogP contribution in [0.25, 0.3) is 0 Å². The van der Waals surface area contributed by atoms with Crippen LogP contribution >= 0.6 is 0 Å². The van der Waals surface area contributed by atoms with Crippen LogP contribution in [0.4, 0.5) is 0 Å². The zero-order valence-electron chi connectivity index (χ0n) is 17.4. The van der Waals surface area contributed by atoms with Crippen LogP contribution < -0.4 is 0 Å². The maximum atomic E-state index is 12.8. The largest absolute Gasteiger partial charge is 0.297 e. The highest BCUT2D eigenvalue weighted by Gasteiger charge is 2.63. The topological polar surface area (TPSA) is 60.4 Å². The molecule has 0 amide bonds. The van der Waals surface area contributed by atoms with E-state index in [0.29, 0.717) is 18.3 Å². The third-order valence-electron chi connectivity index (χ3n) is 8.71. The highest BCUT2D eigenvalue weighted by atomic mass is 32.2. The summed E-state index contributed by atoms with van der Waals surface area (Å²) in [7, 11) is -3.64. The number of hydrogen-bond donors (Lipinski definition) is 0. The van der Waals surface area contributed by atoms with Crippen LogP contribution in [0.15, 0.2) is 11.6 Å². The Kier molecular flexibility index (Phi) is 4.30. The Morgan fingerprint density at radius 3 is 2.44 bits per heavy atom. The Labute approximate surface area is 164 Å². The summed E-state index contributed by atoms with van der Waals surface area (Å²) < 4.78 is 28.9. The Morgan fingerprint density at radius 2 is 1.78 bits per heavy atom. The summed E-state index contributed by atoms with van der Waals surface area (Å²) in [5, 5.41) is 0. The van der Waals surface area contributed by atoms with Gasteiger partial charge in [0.15, 0.2) is 5.78 Å². The second-order valence-electron chi connectivity index (χ2n) is 10.8. The minimum absolute atomic E-state index is 0.0162. The molecule has 152 valence electrons. The first-order valence-corrected chi connectivity index (χ1v) is 12.3. The van der Waals surface area contributed by atoms with Crippen molar-refractivity contribution in [2.75, 3.05) is 6.26 Å². The van der Waals surface area contributed by atoms with Gasteiger partial charge >= 0.3 is 0 Å². The molecular formula is C22H34O4S. The van der Waals surface area contributed by atoms with Gasteiger partial charge in [-0.3, -0.25) is 8.98 Å². The van der Waals surface area contributed by atoms with Crippen molar-refractivity contribution in [3.05, 3.63) is 11.6 Å². The predicted octanol–water partition coefficient (Wildman–Crippen LogP) is 4.50. The second kappa shape index (κ2) is 5.91.